The van der Waals surface area contributed by atoms with Crippen LogP contribution in [0.2, 0.25) is 15.1 Å². The molecule has 0 N–H and O–H groups in total. The van der Waals surface area contributed by atoms with Crippen LogP contribution in [-0.4, -0.2) is 11.1 Å². The molecule has 0 spiro atoms. The van der Waals surface area contributed by atoms with Gasteiger partial charge in [-0.3, -0.25) is 9.59 Å². The maximum Gasteiger partial charge on any atom is 0.298 e. The van der Waals surface area contributed by atoms with Crippen molar-refractivity contribution in [1.29, 1.82) is 0 Å². The van der Waals surface area contributed by atoms with Gasteiger partial charge in [0, 0.05) is 5.02 Å². The van der Waals surface area contributed by atoms with Gasteiger partial charge in [-0.15, -0.1) is 0 Å². The molecular weight excluding hydrogens is 604 g/mol. The highest BCUT2D eigenvalue weighted by Crippen LogP contribution is 2.36. The number of hydrogen-bond donors (Lipinski definition) is 0. The first-order chi connectivity index (χ1) is 15.3. The van der Waals surface area contributed by atoms with Crippen molar-refractivity contribution in [3.05, 3.63) is 95.3 Å². The summed E-state index contributed by atoms with van der Waals surface area (Å²) in [5, 5.41) is 1.16. The van der Waals surface area contributed by atoms with Crippen molar-refractivity contribution in [2.24, 2.45) is 0 Å². The molecule has 2 amide bonds. The summed E-state index contributed by atoms with van der Waals surface area (Å²) in [6.45, 7) is 0.340. The average Bonchev–Trinajstić information content (AvgIpc) is 3.03. The number of benzene rings is 3. The fourth-order valence-electron chi connectivity index (χ4n) is 2.95. The van der Waals surface area contributed by atoms with Crippen LogP contribution < -0.4 is 9.64 Å². The molecule has 3 aromatic carbocycles. The standard InChI is InChI=1S/C23H13Cl3INO3S/c24-15-3-5-16(6-4-15)28-22(29)21(32-23(28)30)11-13-2-8-20(19(27)10-13)31-12-14-1-7-17(25)18(26)9-14/h1-11H,12H2/b21-11+. The summed E-state index contributed by atoms with van der Waals surface area (Å²) < 4.78 is 6.76. The third kappa shape index (κ3) is 5.26. The Kier molecular flexibility index (Phi) is 7.37. The van der Waals surface area contributed by atoms with Gasteiger partial charge in [-0.1, -0.05) is 46.9 Å². The molecule has 1 aliphatic rings. The maximum atomic E-state index is 12.8. The number of thioether (sulfide) groups is 1. The van der Waals surface area contributed by atoms with Crippen molar-refractivity contribution >= 4 is 92.1 Å². The molecule has 1 fully saturated rings. The van der Waals surface area contributed by atoms with E-state index < -0.39 is 0 Å². The molecule has 1 saturated heterocycles. The van der Waals surface area contributed by atoms with E-state index in [2.05, 4.69) is 22.6 Å². The summed E-state index contributed by atoms with van der Waals surface area (Å²) in [7, 11) is 0. The van der Waals surface area contributed by atoms with Crippen molar-refractivity contribution in [1.82, 2.24) is 0 Å². The second-order valence-corrected chi connectivity index (χ2v) is 10.1. The quantitative estimate of drug-likeness (QED) is 0.215. The number of halogens is 4. The zero-order valence-electron chi connectivity index (χ0n) is 16.2. The van der Waals surface area contributed by atoms with Crippen molar-refractivity contribution < 1.29 is 14.3 Å². The average molecular weight is 617 g/mol. The second kappa shape index (κ2) is 10.1. The summed E-state index contributed by atoms with van der Waals surface area (Å²) in [6.07, 6.45) is 1.70. The van der Waals surface area contributed by atoms with E-state index in [0.717, 1.165) is 31.4 Å². The predicted molar refractivity (Wildman–Crippen MR) is 140 cm³/mol. The summed E-state index contributed by atoms with van der Waals surface area (Å²) in [5.41, 5.74) is 2.17. The van der Waals surface area contributed by atoms with E-state index >= 15 is 0 Å². The van der Waals surface area contributed by atoms with Crippen LogP contribution in [-0.2, 0) is 11.4 Å². The van der Waals surface area contributed by atoms with Gasteiger partial charge in [0.15, 0.2) is 0 Å². The molecule has 4 rings (SSSR count). The molecule has 0 bridgehead atoms. The van der Waals surface area contributed by atoms with E-state index in [9.17, 15) is 9.59 Å². The third-order valence-electron chi connectivity index (χ3n) is 4.51. The Morgan fingerprint density at radius 2 is 1.69 bits per heavy atom. The number of amides is 2. The van der Waals surface area contributed by atoms with Crippen LogP contribution in [0.1, 0.15) is 11.1 Å². The molecule has 0 atom stereocenters. The summed E-state index contributed by atoms with van der Waals surface area (Å²) in [6, 6.07) is 17.5. The Hall–Kier alpha value is -1.71. The Bertz CT molecular complexity index is 1250. The molecule has 0 radical (unpaired) electrons. The fraction of sp³-hybridized carbons (Fsp3) is 0.0435. The van der Waals surface area contributed by atoms with Gasteiger partial charge in [0.25, 0.3) is 11.1 Å². The lowest BCUT2D eigenvalue weighted by Gasteiger charge is -2.12. The van der Waals surface area contributed by atoms with Crippen molar-refractivity contribution in [2.75, 3.05) is 4.90 Å². The third-order valence-corrected chi connectivity index (χ3v) is 7.21. The number of anilines is 1. The van der Waals surface area contributed by atoms with Crippen LogP contribution in [0.15, 0.2) is 65.6 Å². The van der Waals surface area contributed by atoms with E-state index in [0.29, 0.717) is 38.0 Å². The van der Waals surface area contributed by atoms with Gasteiger partial charge in [0.2, 0.25) is 0 Å². The van der Waals surface area contributed by atoms with Gasteiger partial charge in [-0.2, -0.15) is 0 Å². The first kappa shape index (κ1) is 23.4. The van der Waals surface area contributed by atoms with Gasteiger partial charge in [-0.05, 0) is 100 Å². The summed E-state index contributed by atoms with van der Waals surface area (Å²) >= 11 is 21.0. The summed E-state index contributed by atoms with van der Waals surface area (Å²) in [4.78, 5) is 26.7. The predicted octanol–water partition coefficient (Wildman–Crippen LogP) is 8.07. The number of carbonyl (C=O) groups is 2. The number of nitrogens with zero attached hydrogens (tertiary/aromatic N) is 1. The Balaban J connectivity index is 1.49. The minimum absolute atomic E-state index is 0.340. The lowest BCUT2D eigenvalue weighted by atomic mass is 10.2. The lowest BCUT2D eigenvalue weighted by Crippen LogP contribution is -2.27. The van der Waals surface area contributed by atoms with Crippen LogP contribution in [0, 0.1) is 3.57 Å². The highest BCUT2D eigenvalue weighted by Gasteiger charge is 2.36. The molecule has 1 aliphatic heterocycles. The number of ether oxygens (including phenoxy) is 1. The first-order valence-electron chi connectivity index (χ1n) is 9.21. The minimum atomic E-state index is -0.364. The monoisotopic (exact) mass is 615 g/mol. The molecule has 1 heterocycles. The van der Waals surface area contributed by atoms with Crippen LogP contribution in [0.25, 0.3) is 6.08 Å². The largest absolute Gasteiger partial charge is 0.488 e. The summed E-state index contributed by atoms with van der Waals surface area (Å²) in [5.74, 6) is 0.334. The minimum Gasteiger partial charge on any atom is -0.488 e. The highest BCUT2D eigenvalue weighted by atomic mass is 127. The number of hydrogen-bond acceptors (Lipinski definition) is 4. The lowest BCUT2D eigenvalue weighted by molar-refractivity contribution is -0.113. The van der Waals surface area contributed by atoms with Crippen molar-refractivity contribution in [3.8, 4) is 5.75 Å². The van der Waals surface area contributed by atoms with E-state index in [1.807, 2.05) is 24.3 Å². The van der Waals surface area contributed by atoms with Crippen LogP contribution in [0.3, 0.4) is 0 Å². The molecule has 0 unspecified atom stereocenters. The number of imide groups is 1. The van der Waals surface area contributed by atoms with Crippen LogP contribution >= 0.6 is 69.2 Å². The topological polar surface area (TPSA) is 46.6 Å². The molecule has 32 heavy (non-hydrogen) atoms. The SMILES string of the molecule is O=C1S/C(=C/c2ccc(OCc3ccc(Cl)c(Cl)c3)c(I)c2)C(=O)N1c1ccc(Cl)cc1. The van der Waals surface area contributed by atoms with Gasteiger partial charge < -0.3 is 4.74 Å². The molecule has 0 saturated carbocycles. The number of carbonyl (C=O) groups excluding carboxylic acids is 2. The molecule has 162 valence electrons. The van der Waals surface area contributed by atoms with E-state index in [1.165, 1.54) is 0 Å². The normalized spacial score (nSPS) is 15.0. The Morgan fingerprint density at radius 1 is 0.938 bits per heavy atom. The van der Waals surface area contributed by atoms with Crippen LogP contribution in [0.5, 0.6) is 5.75 Å². The number of rotatable bonds is 5. The zero-order chi connectivity index (χ0) is 22.8. The fourth-order valence-corrected chi connectivity index (χ4v) is 4.93. The first-order valence-corrected chi connectivity index (χ1v) is 12.2. The zero-order valence-corrected chi connectivity index (χ0v) is 21.4. The van der Waals surface area contributed by atoms with E-state index in [-0.39, 0.29) is 11.1 Å². The van der Waals surface area contributed by atoms with Crippen LogP contribution in [0.4, 0.5) is 10.5 Å². The smallest absolute Gasteiger partial charge is 0.298 e. The van der Waals surface area contributed by atoms with Crippen molar-refractivity contribution in [2.45, 2.75) is 6.61 Å². The highest BCUT2D eigenvalue weighted by molar-refractivity contribution is 14.1. The molecule has 3 aromatic rings. The van der Waals surface area contributed by atoms with Gasteiger partial charge in [-0.25, -0.2) is 4.90 Å². The second-order valence-electron chi connectivity index (χ2n) is 6.72. The molecule has 0 aliphatic carbocycles. The van der Waals surface area contributed by atoms with E-state index in [4.69, 9.17) is 39.5 Å². The van der Waals surface area contributed by atoms with Crippen molar-refractivity contribution in [3.63, 3.8) is 0 Å². The molecular formula is C23H13Cl3INO3S. The maximum absolute atomic E-state index is 12.8. The molecule has 9 heteroatoms. The van der Waals surface area contributed by atoms with Gasteiger partial charge >= 0.3 is 0 Å². The van der Waals surface area contributed by atoms with Gasteiger partial charge in [0.1, 0.15) is 12.4 Å². The molecule has 0 aromatic heterocycles. The molecule has 4 nitrogen and oxygen atoms in total. The Morgan fingerprint density at radius 3 is 2.38 bits per heavy atom. The van der Waals surface area contributed by atoms with Gasteiger partial charge in [0.05, 0.1) is 24.2 Å². The van der Waals surface area contributed by atoms with E-state index in [1.54, 1.807) is 42.5 Å². The Labute approximate surface area is 217 Å².